The largest absolute Gasteiger partial charge is 0.491 e. The molecule has 2 atom stereocenters. The van der Waals surface area contributed by atoms with Gasteiger partial charge in [0.2, 0.25) is 0 Å². The normalized spacial score (nSPS) is 12.9. The maximum atomic E-state index is 9.93. The standard InChI is InChI=1S/C16H22N2O2S.C2H6/c1-12(8-16-18-9-13(2)21-16)17-10-14(19)11-20-15-6-4-3-5-7-15;1-2/h3-7,9,12,14,17,19H,8,10-11H2,1-2H3;1-2H3. The van der Waals surface area contributed by atoms with Crippen LogP contribution in [0.4, 0.5) is 0 Å². The van der Waals surface area contributed by atoms with Crippen LogP contribution in [0.3, 0.4) is 0 Å². The maximum Gasteiger partial charge on any atom is 0.119 e. The zero-order chi connectivity index (χ0) is 17.1. The van der Waals surface area contributed by atoms with E-state index in [4.69, 9.17) is 4.74 Å². The quantitative estimate of drug-likeness (QED) is 0.775. The SMILES string of the molecule is CC.Cc1cnc(CC(C)NCC(O)COc2ccccc2)s1. The van der Waals surface area contributed by atoms with Crippen molar-refractivity contribution in [2.24, 2.45) is 0 Å². The zero-order valence-electron chi connectivity index (χ0n) is 14.5. The van der Waals surface area contributed by atoms with E-state index in [0.717, 1.165) is 17.2 Å². The summed E-state index contributed by atoms with van der Waals surface area (Å²) in [7, 11) is 0. The number of rotatable bonds is 8. The fraction of sp³-hybridized carbons (Fsp3) is 0.500. The molecule has 0 spiro atoms. The van der Waals surface area contributed by atoms with Crippen molar-refractivity contribution < 1.29 is 9.84 Å². The van der Waals surface area contributed by atoms with Gasteiger partial charge in [0.05, 0.1) is 5.01 Å². The fourth-order valence-electron chi connectivity index (χ4n) is 1.94. The molecule has 0 fully saturated rings. The molecule has 0 saturated carbocycles. The second-order valence-electron chi connectivity index (χ2n) is 5.16. The van der Waals surface area contributed by atoms with Crippen LogP contribution in [0, 0.1) is 6.92 Å². The topological polar surface area (TPSA) is 54.4 Å². The fourth-order valence-corrected chi connectivity index (χ4v) is 2.85. The molecule has 4 nitrogen and oxygen atoms in total. The first-order valence-corrected chi connectivity index (χ1v) is 8.95. The lowest BCUT2D eigenvalue weighted by atomic mass is 10.2. The third kappa shape index (κ3) is 8.11. The Labute approximate surface area is 143 Å². The van der Waals surface area contributed by atoms with Crippen molar-refractivity contribution in [3.63, 3.8) is 0 Å². The van der Waals surface area contributed by atoms with Crippen molar-refractivity contribution in [2.45, 2.75) is 46.3 Å². The highest BCUT2D eigenvalue weighted by Gasteiger charge is 2.10. The number of thiazole rings is 1. The number of para-hydroxylation sites is 1. The van der Waals surface area contributed by atoms with Gasteiger partial charge in [-0.15, -0.1) is 11.3 Å². The molecule has 2 rings (SSSR count). The van der Waals surface area contributed by atoms with Gasteiger partial charge >= 0.3 is 0 Å². The van der Waals surface area contributed by atoms with E-state index in [1.165, 1.54) is 4.88 Å². The monoisotopic (exact) mass is 336 g/mol. The minimum absolute atomic E-state index is 0.280. The molecule has 23 heavy (non-hydrogen) atoms. The lowest BCUT2D eigenvalue weighted by Crippen LogP contribution is -2.37. The van der Waals surface area contributed by atoms with Gasteiger partial charge < -0.3 is 15.2 Å². The van der Waals surface area contributed by atoms with E-state index in [1.807, 2.05) is 50.4 Å². The van der Waals surface area contributed by atoms with Crippen molar-refractivity contribution in [3.8, 4) is 5.75 Å². The van der Waals surface area contributed by atoms with Crippen LogP contribution >= 0.6 is 11.3 Å². The van der Waals surface area contributed by atoms with Crippen molar-refractivity contribution in [2.75, 3.05) is 13.2 Å². The van der Waals surface area contributed by atoms with Crippen molar-refractivity contribution in [1.29, 1.82) is 0 Å². The van der Waals surface area contributed by atoms with Crippen LogP contribution in [0.1, 0.15) is 30.7 Å². The van der Waals surface area contributed by atoms with Gasteiger partial charge in [-0.25, -0.2) is 4.98 Å². The molecule has 0 amide bonds. The van der Waals surface area contributed by atoms with E-state index in [9.17, 15) is 5.11 Å². The van der Waals surface area contributed by atoms with Crippen molar-refractivity contribution >= 4 is 11.3 Å². The number of ether oxygens (including phenoxy) is 1. The van der Waals surface area contributed by atoms with E-state index >= 15 is 0 Å². The minimum Gasteiger partial charge on any atom is -0.491 e. The molecule has 0 aliphatic carbocycles. The van der Waals surface area contributed by atoms with E-state index < -0.39 is 6.10 Å². The number of aliphatic hydroxyl groups is 1. The molecule has 0 radical (unpaired) electrons. The Balaban J connectivity index is 0.00000127. The number of aromatic nitrogens is 1. The van der Waals surface area contributed by atoms with Gasteiger partial charge in [0.1, 0.15) is 18.5 Å². The lowest BCUT2D eigenvalue weighted by Gasteiger charge is -2.17. The summed E-state index contributed by atoms with van der Waals surface area (Å²) in [5.74, 6) is 0.780. The predicted molar refractivity (Wildman–Crippen MR) is 97.3 cm³/mol. The molecular formula is C18H28N2O2S. The molecular weight excluding hydrogens is 308 g/mol. The number of nitrogens with one attached hydrogen (secondary N) is 1. The van der Waals surface area contributed by atoms with Gasteiger partial charge in [0, 0.05) is 30.1 Å². The summed E-state index contributed by atoms with van der Waals surface area (Å²) in [6.45, 7) is 8.96. The predicted octanol–water partition coefficient (Wildman–Crippen LogP) is 3.44. The summed E-state index contributed by atoms with van der Waals surface area (Å²) >= 11 is 1.72. The molecule has 0 bridgehead atoms. The van der Waals surface area contributed by atoms with Gasteiger partial charge in [0.15, 0.2) is 0 Å². The van der Waals surface area contributed by atoms with Crippen LogP contribution in [0.5, 0.6) is 5.75 Å². The van der Waals surface area contributed by atoms with Gasteiger partial charge in [-0.1, -0.05) is 32.0 Å². The first kappa shape index (κ1) is 19.6. The summed E-state index contributed by atoms with van der Waals surface area (Å²) in [6, 6.07) is 9.81. The van der Waals surface area contributed by atoms with Gasteiger partial charge in [-0.05, 0) is 26.0 Å². The molecule has 2 N–H and O–H groups in total. The Hall–Kier alpha value is -1.43. The highest BCUT2D eigenvalue weighted by molar-refractivity contribution is 7.11. The first-order valence-electron chi connectivity index (χ1n) is 8.14. The second kappa shape index (κ2) is 11.2. The third-order valence-corrected chi connectivity index (χ3v) is 3.97. The molecule has 5 heteroatoms. The molecule has 128 valence electrons. The summed E-state index contributed by atoms with van der Waals surface area (Å²) in [6.07, 6.45) is 2.26. The lowest BCUT2D eigenvalue weighted by molar-refractivity contribution is 0.104. The third-order valence-electron chi connectivity index (χ3n) is 3.04. The molecule has 1 heterocycles. The van der Waals surface area contributed by atoms with Gasteiger partial charge in [-0.3, -0.25) is 0 Å². The highest BCUT2D eigenvalue weighted by Crippen LogP contribution is 2.13. The maximum absolute atomic E-state index is 9.93. The molecule has 1 aromatic heterocycles. The second-order valence-corrected chi connectivity index (χ2v) is 6.48. The van der Waals surface area contributed by atoms with Crippen LogP contribution in [-0.2, 0) is 6.42 Å². The van der Waals surface area contributed by atoms with Gasteiger partial charge in [0.25, 0.3) is 0 Å². The van der Waals surface area contributed by atoms with Crippen molar-refractivity contribution in [3.05, 3.63) is 46.4 Å². The summed E-state index contributed by atoms with van der Waals surface area (Å²) in [5, 5.41) is 14.4. The average molecular weight is 337 g/mol. The average Bonchev–Trinajstić information content (AvgIpc) is 2.98. The number of hydrogen-bond acceptors (Lipinski definition) is 5. The minimum atomic E-state index is -0.523. The molecule has 0 aliphatic rings. The Morgan fingerprint density at radius 2 is 1.96 bits per heavy atom. The summed E-state index contributed by atoms with van der Waals surface area (Å²) < 4.78 is 5.52. The van der Waals surface area contributed by atoms with E-state index in [2.05, 4.69) is 24.1 Å². The van der Waals surface area contributed by atoms with Crippen LogP contribution in [0.2, 0.25) is 0 Å². The first-order chi connectivity index (χ1) is 11.1. The van der Waals surface area contributed by atoms with E-state index in [1.54, 1.807) is 11.3 Å². The van der Waals surface area contributed by atoms with Crippen LogP contribution in [0.15, 0.2) is 36.5 Å². The number of aryl methyl sites for hydroxylation is 1. The molecule has 2 aromatic rings. The molecule has 0 saturated heterocycles. The number of hydrogen-bond donors (Lipinski definition) is 2. The van der Waals surface area contributed by atoms with Crippen molar-refractivity contribution in [1.82, 2.24) is 10.3 Å². The van der Waals surface area contributed by atoms with Crippen LogP contribution < -0.4 is 10.1 Å². The van der Waals surface area contributed by atoms with E-state index in [-0.39, 0.29) is 6.04 Å². The number of aliphatic hydroxyl groups excluding tert-OH is 1. The Morgan fingerprint density at radius 3 is 2.57 bits per heavy atom. The summed E-state index contributed by atoms with van der Waals surface area (Å²) in [5.41, 5.74) is 0. The molecule has 0 aliphatic heterocycles. The zero-order valence-corrected chi connectivity index (χ0v) is 15.3. The van der Waals surface area contributed by atoms with Gasteiger partial charge in [-0.2, -0.15) is 0 Å². The molecule has 1 aromatic carbocycles. The Kier molecular flexibility index (Phi) is 9.52. The molecule has 2 unspecified atom stereocenters. The Bertz CT molecular complexity index is 531. The smallest absolute Gasteiger partial charge is 0.119 e. The number of benzene rings is 1. The van der Waals surface area contributed by atoms with Crippen LogP contribution in [0.25, 0.3) is 0 Å². The highest BCUT2D eigenvalue weighted by atomic mass is 32.1. The van der Waals surface area contributed by atoms with E-state index in [0.29, 0.717) is 13.2 Å². The summed E-state index contributed by atoms with van der Waals surface area (Å²) in [4.78, 5) is 5.58. The van der Waals surface area contributed by atoms with Crippen LogP contribution in [-0.4, -0.2) is 35.4 Å². The number of nitrogens with zero attached hydrogens (tertiary/aromatic N) is 1. The Morgan fingerprint density at radius 1 is 1.26 bits per heavy atom.